The molecule has 1 fully saturated rings. The minimum atomic E-state index is 0.202. The van der Waals surface area contributed by atoms with Gasteiger partial charge in [-0.1, -0.05) is 26.2 Å². The highest BCUT2D eigenvalue weighted by atomic mass is 16.5. The van der Waals surface area contributed by atoms with Crippen LogP contribution in [0.1, 0.15) is 51.9 Å². The third kappa shape index (κ3) is 2.41. The van der Waals surface area contributed by atoms with E-state index in [1.54, 1.807) is 0 Å². The molecule has 0 bridgehead atoms. The molecule has 1 aliphatic heterocycles. The third-order valence-corrected chi connectivity index (χ3v) is 4.11. The summed E-state index contributed by atoms with van der Waals surface area (Å²) in [5.41, 5.74) is 3.26. The maximum atomic E-state index is 5.77. The summed E-state index contributed by atoms with van der Waals surface area (Å²) in [6.45, 7) is 3.19. The Bertz CT molecular complexity index is 257. The minimum absolute atomic E-state index is 0.202. The van der Waals surface area contributed by atoms with Crippen LogP contribution in [-0.4, -0.2) is 12.6 Å². The fourth-order valence-electron chi connectivity index (χ4n) is 3.05. The number of rotatable bonds is 3. The maximum absolute atomic E-state index is 5.77. The predicted octanol–water partition coefficient (Wildman–Crippen LogP) is 2.48. The second kappa shape index (κ2) is 5.19. The zero-order valence-electron chi connectivity index (χ0n) is 10.3. The van der Waals surface area contributed by atoms with Gasteiger partial charge in [0.05, 0.1) is 12.6 Å². The average molecular weight is 224 g/mol. The van der Waals surface area contributed by atoms with Crippen molar-refractivity contribution < 1.29 is 4.74 Å². The number of ether oxygens (including phenoxy) is 1. The van der Waals surface area contributed by atoms with Gasteiger partial charge in [-0.25, -0.2) is 5.43 Å². The average Bonchev–Trinajstić information content (AvgIpc) is 2.32. The van der Waals surface area contributed by atoms with Crippen molar-refractivity contribution in [1.82, 2.24) is 5.43 Å². The molecule has 1 saturated carbocycles. The summed E-state index contributed by atoms with van der Waals surface area (Å²) in [4.78, 5) is 0. The number of hydrazine groups is 1. The van der Waals surface area contributed by atoms with Gasteiger partial charge in [-0.15, -0.1) is 0 Å². The number of hydrogen-bond donors (Lipinski definition) is 2. The Morgan fingerprint density at radius 3 is 2.62 bits per heavy atom. The molecule has 0 aromatic carbocycles. The van der Waals surface area contributed by atoms with Gasteiger partial charge in [-0.3, -0.25) is 5.84 Å². The number of allylic oxidation sites excluding steroid dienone is 1. The molecule has 3 nitrogen and oxygen atoms in total. The summed E-state index contributed by atoms with van der Waals surface area (Å²) < 4.78 is 5.77. The molecule has 0 saturated heterocycles. The highest BCUT2D eigenvalue weighted by molar-refractivity contribution is 5.11. The van der Waals surface area contributed by atoms with E-state index in [1.807, 2.05) is 0 Å². The van der Waals surface area contributed by atoms with E-state index in [1.165, 1.54) is 32.1 Å². The molecule has 92 valence electrons. The lowest BCUT2D eigenvalue weighted by molar-refractivity contribution is 0.0911. The Morgan fingerprint density at radius 2 is 2.06 bits per heavy atom. The Hall–Kier alpha value is -0.540. The maximum Gasteiger partial charge on any atom is 0.111 e. The molecule has 0 spiro atoms. The van der Waals surface area contributed by atoms with E-state index < -0.39 is 0 Å². The number of nitrogens with two attached hydrogens (primary N) is 1. The van der Waals surface area contributed by atoms with Crippen LogP contribution in [0.4, 0.5) is 0 Å². The van der Waals surface area contributed by atoms with Gasteiger partial charge in [-0.2, -0.15) is 0 Å². The highest BCUT2D eigenvalue weighted by Gasteiger charge is 2.38. The lowest BCUT2D eigenvalue weighted by atomic mass is 9.70. The van der Waals surface area contributed by atoms with Gasteiger partial charge in [0, 0.05) is 0 Å². The van der Waals surface area contributed by atoms with Crippen LogP contribution in [-0.2, 0) is 4.74 Å². The Morgan fingerprint density at radius 1 is 1.31 bits per heavy atom. The molecule has 1 unspecified atom stereocenters. The van der Waals surface area contributed by atoms with Crippen LogP contribution in [0.25, 0.3) is 0 Å². The van der Waals surface area contributed by atoms with Crippen molar-refractivity contribution in [2.75, 3.05) is 6.61 Å². The summed E-state index contributed by atoms with van der Waals surface area (Å²) in [6.07, 6.45) is 11.0. The van der Waals surface area contributed by atoms with Crippen molar-refractivity contribution in [3.63, 3.8) is 0 Å². The second-order valence-corrected chi connectivity index (χ2v) is 5.41. The van der Waals surface area contributed by atoms with Crippen LogP contribution < -0.4 is 11.3 Å². The van der Waals surface area contributed by atoms with Crippen LogP contribution >= 0.6 is 0 Å². The first-order chi connectivity index (χ1) is 7.76. The Labute approximate surface area is 98.4 Å². The van der Waals surface area contributed by atoms with Gasteiger partial charge in [0.25, 0.3) is 0 Å². The van der Waals surface area contributed by atoms with Crippen molar-refractivity contribution in [3.8, 4) is 0 Å². The monoisotopic (exact) mass is 224 g/mol. The molecule has 2 aliphatic rings. The van der Waals surface area contributed by atoms with Crippen LogP contribution in [0.2, 0.25) is 0 Å². The molecule has 1 atom stereocenters. The first kappa shape index (κ1) is 11.9. The molecule has 0 amide bonds. The Kier molecular flexibility index (Phi) is 3.87. The van der Waals surface area contributed by atoms with Gasteiger partial charge in [0.15, 0.2) is 0 Å². The molecule has 16 heavy (non-hydrogen) atoms. The zero-order valence-corrected chi connectivity index (χ0v) is 10.3. The second-order valence-electron chi connectivity index (χ2n) is 5.41. The molecular weight excluding hydrogens is 200 g/mol. The van der Waals surface area contributed by atoms with Crippen molar-refractivity contribution in [2.45, 2.75) is 57.9 Å². The third-order valence-electron chi connectivity index (χ3n) is 4.11. The van der Waals surface area contributed by atoms with Gasteiger partial charge in [-0.05, 0) is 37.2 Å². The van der Waals surface area contributed by atoms with Crippen LogP contribution in [0.15, 0.2) is 11.8 Å². The van der Waals surface area contributed by atoms with E-state index in [9.17, 15) is 0 Å². The van der Waals surface area contributed by atoms with E-state index in [2.05, 4.69) is 18.4 Å². The SMILES string of the molecule is CC1(C(NN)C2=CCCCO2)CCCCC1. The van der Waals surface area contributed by atoms with Crippen LogP contribution in [0.5, 0.6) is 0 Å². The summed E-state index contributed by atoms with van der Waals surface area (Å²) in [5, 5.41) is 0. The molecule has 3 heteroatoms. The van der Waals surface area contributed by atoms with E-state index in [-0.39, 0.29) is 11.5 Å². The lowest BCUT2D eigenvalue weighted by Crippen LogP contribution is -2.50. The summed E-state index contributed by atoms with van der Waals surface area (Å²) in [5.74, 6) is 6.83. The topological polar surface area (TPSA) is 47.3 Å². The first-order valence-electron chi connectivity index (χ1n) is 6.55. The fourth-order valence-corrected chi connectivity index (χ4v) is 3.05. The fraction of sp³-hybridized carbons (Fsp3) is 0.846. The van der Waals surface area contributed by atoms with E-state index in [0.29, 0.717) is 0 Å². The number of nitrogens with one attached hydrogen (secondary N) is 1. The first-order valence-corrected chi connectivity index (χ1v) is 6.55. The summed E-state index contributed by atoms with van der Waals surface area (Å²) in [7, 11) is 0. The van der Waals surface area contributed by atoms with Crippen LogP contribution in [0.3, 0.4) is 0 Å². The van der Waals surface area contributed by atoms with E-state index >= 15 is 0 Å². The predicted molar refractivity (Wildman–Crippen MR) is 65.6 cm³/mol. The normalized spacial score (nSPS) is 26.8. The van der Waals surface area contributed by atoms with Gasteiger partial charge < -0.3 is 4.74 Å². The Balaban J connectivity index is 2.10. The summed E-state index contributed by atoms with van der Waals surface area (Å²) >= 11 is 0. The molecule has 2 rings (SSSR count). The molecule has 0 radical (unpaired) electrons. The standard InChI is InChI=1S/C13H24N2O/c1-13(8-4-2-5-9-13)12(15-14)11-7-3-6-10-16-11/h7,12,15H,2-6,8-10,14H2,1H3. The molecule has 3 N–H and O–H groups in total. The number of hydrogen-bond acceptors (Lipinski definition) is 3. The van der Waals surface area contributed by atoms with Crippen molar-refractivity contribution >= 4 is 0 Å². The van der Waals surface area contributed by atoms with E-state index in [4.69, 9.17) is 10.6 Å². The van der Waals surface area contributed by atoms with Gasteiger partial charge >= 0.3 is 0 Å². The van der Waals surface area contributed by atoms with Gasteiger partial charge in [0.1, 0.15) is 5.76 Å². The minimum Gasteiger partial charge on any atom is -0.497 e. The van der Waals surface area contributed by atoms with Gasteiger partial charge in [0.2, 0.25) is 0 Å². The van der Waals surface area contributed by atoms with Crippen molar-refractivity contribution in [3.05, 3.63) is 11.8 Å². The quantitative estimate of drug-likeness (QED) is 0.572. The summed E-state index contributed by atoms with van der Waals surface area (Å²) in [6, 6.07) is 0.202. The van der Waals surface area contributed by atoms with Crippen molar-refractivity contribution in [2.24, 2.45) is 11.3 Å². The zero-order chi connectivity index (χ0) is 11.4. The molecule has 0 aromatic rings. The highest BCUT2D eigenvalue weighted by Crippen LogP contribution is 2.41. The molecule has 1 aliphatic carbocycles. The molecule has 0 aromatic heterocycles. The van der Waals surface area contributed by atoms with Crippen molar-refractivity contribution in [1.29, 1.82) is 0 Å². The molecule has 1 heterocycles. The van der Waals surface area contributed by atoms with Crippen LogP contribution in [0, 0.1) is 5.41 Å². The molecular formula is C13H24N2O. The van der Waals surface area contributed by atoms with E-state index in [0.717, 1.165) is 25.2 Å². The largest absolute Gasteiger partial charge is 0.497 e. The lowest BCUT2D eigenvalue weighted by Gasteiger charge is -2.41. The smallest absolute Gasteiger partial charge is 0.111 e.